The highest BCUT2D eigenvalue weighted by Crippen LogP contribution is 2.24. The molecule has 140 valence electrons. The van der Waals surface area contributed by atoms with Crippen LogP contribution in [0.25, 0.3) is 22.3 Å². The van der Waals surface area contributed by atoms with Crippen LogP contribution in [-0.4, -0.2) is 23.4 Å². The van der Waals surface area contributed by atoms with E-state index in [2.05, 4.69) is 25.2 Å². The molecule has 0 aliphatic heterocycles. The Hall–Kier alpha value is -3.36. The van der Waals surface area contributed by atoms with Crippen LogP contribution < -0.4 is 10.3 Å². The third-order valence-corrected chi connectivity index (χ3v) is 5.42. The van der Waals surface area contributed by atoms with Gasteiger partial charge in [-0.25, -0.2) is 18.4 Å². The van der Waals surface area contributed by atoms with E-state index in [0.29, 0.717) is 22.5 Å². The zero-order valence-corrected chi connectivity index (χ0v) is 15.8. The highest BCUT2D eigenvalue weighted by Gasteiger charge is 2.15. The van der Waals surface area contributed by atoms with Crippen LogP contribution >= 0.6 is 0 Å². The van der Waals surface area contributed by atoms with Crippen molar-refractivity contribution in [2.75, 3.05) is 5.43 Å². The number of benzene rings is 2. The van der Waals surface area contributed by atoms with Gasteiger partial charge < -0.3 is 0 Å². The second-order valence-electron chi connectivity index (χ2n) is 6.20. The largest absolute Gasteiger partial charge is 0.291 e. The monoisotopic (exact) mass is 391 g/mol. The molecule has 0 spiro atoms. The van der Waals surface area contributed by atoms with Crippen LogP contribution in [0.15, 0.2) is 78.0 Å². The van der Waals surface area contributed by atoms with Crippen LogP contribution in [0, 0.1) is 6.92 Å². The van der Waals surface area contributed by atoms with Gasteiger partial charge in [-0.1, -0.05) is 29.8 Å². The number of nitrogens with zero attached hydrogens (tertiary/aromatic N) is 3. The Morgan fingerprint density at radius 2 is 1.68 bits per heavy atom. The Kier molecular flexibility index (Phi) is 4.72. The molecule has 4 rings (SSSR count). The molecule has 0 atom stereocenters. The minimum Gasteiger partial charge on any atom is -0.291 e. The number of sulfonamides is 1. The molecule has 2 heterocycles. The highest BCUT2D eigenvalue weighted by molar-refractivity contribution is 7.89. The van der Waals surface area contributed by atoms with Gasteiger partial charge in [0.05, 0.1) is 10.4 Å². The fourth-order valence-electron chi connectivity index (χ4n) is 2.69. The number of para-hydroxylation sites is 1. The molecule has 0 amide bonds. The molecular weight excluding hydrogens is 374 g/mol. The predicted molar refractivity (Wildman–Crippen MR) is 108 cm³/mol. The summed E-state index contributed by atoms with van der Waals surface area (Å²) >= 11 is 0. The molecule has 0 aliphatic rings. The average Bonchev–Trinajstić information content (AvgIpc) is 2.73. The Bertz CT molecular complexity index is 1230. The maximum absolute atomic E-state index is 12.6. The molecule has 8 heteroatoms. The summed E-state index contributed by atoms with van der Waals surface area (Å²) in [4.78, 5) is 15.7. The van der Waals surface area contributed by atoms with E-state index in [1.54, 1.807) is 42.7 Å². The van der Waals surface area contributed by atoms with Crippen molar-refractivity contribution in [2.45, 2.75) is 11.8 Å². The summed E-state index contributed by atoms with van der Waals surface area (Å²) in [6, 6.07) is 17.6. The van der Waals surface area contributed by atoms with Crippen LogP contribution in [-0.2, 0) is 10.0 Å². The molecule has 4 aromatic rings. The van der Waals surface area contributed by atoms with E-state index in [-0.39, 0.29) is 4.90 Å². The van der Waals surface area contributed by atoms with Gasteiger partial charge in [-0.05, 0) is 43.3 Å². The fraction of sp³-hybridized carbons (Fsp3) is 0.0500. The van der Waals surface area contributed by atoms with Gasteiger partial charge in [0.15, 0.2) is 11.6 Å². The van der Waals surface area contributed by atoms with Gasteiger partial charge in [-0.3, -0.25) is 10.4 Å². The summed E-state index contributed by atoms with van der Waals surface area (Å²) in [5.41, 5.74) is 5.15. The van der Waals surface area contributed by atoms with Crippen LogP contribution in [0.3, 0.4) is 0 Å². The number of hydrazine groups is 1. The van der Waals surface area contributed by atoms with E-state index in [4.69, 9.17) is 0 Å². The van der Waals surface area contributed by atoms with Crippen LogP contribution in [0.5, 0.6) is 0 Å². The van der Waals surface area contributed by atoms with E-state index in [1.807, 2.05) is 37.3 Å². The molecule has 28 heavy (non-hydrogen) atoms. The van der Waals surface area contributed by atoms with Gasteiger partial charge in [-0.2, -0.15) is 0 Å². The van der Waals surface area contributed by atoms with Gasteiger partial charge >= 0.3 is 0 Å². The van der Waals surface area contributed by atoms with E-state index in [1.165, 1.54) is 0 Å². The molecule has 0 unspecified atom stereocenters. The summed E-state index contributed by atoms with van der Waals surface area (Å²) in [7, 11) is -3.76. The van der Waals surface area contributed by atoms with Gasteiger partial charge in [-0.15, -0.1) is 4.83 Å². The summed E-state index contributed by atoms with van der Waals surface area (Å²) in [6.45, 7) is 1.90. The van der Waals surface area contributed by atoms with Gasteiger partial charge in [0.2, 0.25) is 0 Å². The molecular formula is C20H17N5O2S. The molecule has 0 fully saturated rings. The zero-order valence-electron chi connectivity index (χ0n) is 15.0. The van der Waals surface area contributed by atoms with Crippen molar-refractivity contribution >= 4 is 26.7 Å². The summed E-state index contributed by atoms with van der Waals surface area (Å²) in [5, 5.41) is 0.696. The minimum absolute atomic E-state index is 0.163. The quantitative estimate of drug-likeness (QED) is 0.507. The Morgan fingerprint density at radius 1 is 0.893 bits per heavy atom. The van der Waals surface area contributed by atoms with Crippen molar-refractivity contribution in [1.82, 2.24) is 19.8 Å². The number of aromatic nitrogens is 3. The Morgan fingerprint density at radius 3 is 2.43 bits per heavy atom. The number of hydrogen-bond donors (Lipinski definition) is 2. The first-order valence-corrected chi connectivity index (χ1v) is 10.0. The minimum atomic E-state index is -3.76. The number of hydrogen-bond acceptors (Lipinski definition) is 6. The molecule has 0 saturated heterocycles. The number of pyridine rings is 1. The topological polar surface area (TPSA) is 96.9 Å². The smallest absolute Gasteiger partial charge is 0.257 e. The third-order valence-electron chi connectivity index (χ3n) is 4.16. The molecule has 0 bridgehead atoms. The lowest BCUT2D eigenvalue weighted by Gasteiger charge is -2.12. The number of anilines is 1. The second-order valence-corrected chi connectivity index (χ2v) is 7.88. The predicted octanol–water partition coefficient (Wildman–Crippen LogP) is 3.31. The lowest BCUT2D eigenvalue weighted by molar-refractivity contribution is 0.587. The van der Waals surface area contributed by atoms with Crippen molar-refractivity contribution in [3.8, 4) is 11.4 Å². The first-order chi connectivity index (χ1) is 13.5. The Labute approximate surface area is 162 Å². The molecule has 0 aliphatic carbocycles. The maximum atomic E-state index is 12.6. The number of rotatable bonds is 5. The molecule has 2 N–H and O–H groups in total. The van der Waals surface area contributed by atoms with E-state index < -0.39 is 10.0 Å². The number of aryl methyl sites for hydroxylation is 1. The lowest BCUT2D eigenvalue weighted by Crippen LogP contribution is -2.30. The molecule has 2 aromatic heterocycles. The highest BCUT2D eigenvalue weighted by atomic mass is 32.2. The number of nitrogens with one attached hydrogen (secondary N) is 2. The number of fused-ring (bicyclic) bond motifs is 1. The molecule has 0 saturated carbocycles. The van der Waals surface area contributed by atoms with Crippen LogP contribution in [0.4, 0.5) is 5.82 Å². The molecule has 7 nitrogen and oxygen atoms in total. The lowest BCUT2D eigenvalue weighted by atomic mass is 10.2. The molecule has 2 aromatic carbocycles. The molecule has 0 radical (unpaired) electrons. The van der Waals surface area contributed by atoms with Gasteiger partial charge in [0.25, 0.3) is 10.0 Å². The zero-order chi connectivity index (χ0) is 19.6. The normalized spacial score (nSPS) is 11.5. The van der Waals surface area contributed by atoms with E-state index in [9.17, 15) is 8.42 Å². The summed E-state index contributed by atoms with van der Waals surface area (Å²) < 4.78 is 25.2. The van der Waals surface area contributed by atoms with Crippen LogP contribution in [0.2, 0.25) is 0 Å². The summed E-state index contributed by atoms with van der Waals surface area (Å²) in [5.74, 6) is 0.809. The van der Waals surface area contributed by atoms with Gasteiger partial charge in [0.1, 0.15) is 0 Å². The van der Waals surface area contributed by atoms with Crippen LogP contribution in [0.1, 0.15) is 5.56 Å². The third kappa shape index (κ3) is 3.68. The van der Waals surface area contributed by atoms with E-state index in [0.717, 1.165) is 11.1 Å². The standard InChI is InChI=1S/C20H17N5O2S/c1-14-8-10-16(11-9-14)28(26,27)25-24-20-17-6-2-3-7-18(17)22-19(23-20)15-5-4-12-21-13-15/h2-13,25H,1H3,(H,22,23,24). The van der Waals surface area contributed by atoms with Crippen molar-refractivity contribution in [1.29, 1.82) is 0 Å². The SMILES string of the molecule is Cc1ccc(S(=O)(=O)NNc2nc(-c3cccnc3)nc3ccccc23)cc1. The van der Waals surface area contributed by atoms with Crippen molar-refractivity contribution < 1.29 is 8.42 Å². The Balaban J connectivity index is 1.71. The van der Waals surface area contributed by atoms with Gasteiger partial charge in [0, 0.05) is 23.3 Å². The average molecular weight is 391 g/mol. The van der Waals surface area contributed by atoms with Crippen molar-refractivity contribution in [3.63, 3.8) is 0 Å². The van der Waals surface area contributed by atoms with Crippen molar-refractivity contribution in [3.05, 3.63) is 78.6 Å². The van der Waals surface area contributed by atoms with E-state index >= 15 is 0 Å². The summed E-state index contributed by atoms with van der Waals surface area (Å²) in [6.07, 6.45) is 3.32. The second kappa shape index (κ2) is 7.34. The maximum Gasteiger partial charge on any atom is 0.257 e. The first kappa shape index (κ1) is 18.0. The first-order valence-electron chi connectivity index (χ1n) is 8.55. The van der Waals surface area contributed by atoms with Crippen molar-refractivity contribution in [2.24, 2.45) is 0 Å². The fourth-order valence-corrected chi connectivity index (χ4v) is 3.53.